The van der Waals surface area contributed by atoms with E-state index in [0.717, 1.165) is 42.1 Å². The van der Waals surface area contributed by atoms with Gasteiger partial charge in [0, 0.05) is 25.1 Å². The molecule has 0 N–H and O–H groups in total. The van der Waals surface area contributed by atoms with Crippen molar-refractivity contribution >= 4 is 21.7 Å². The minimum atomic E-state index is 0.464. The molecule has 0 atom stereocenters. The largest absolute Gasteiger partial charge is 0.354 e. The molecule has 17 heavy (non-hydrogen) atoms. The Bertz CT molecular complexity index is 353. The predicted molar refractivity (Wildman–Crippen MR) is 76.5 cm³/mol. The summed E-state index contributed by atoms with van der Waals surface area (Å²) in [6.45, 7) is 9.78. The maximum Gasteiger partial charge on any atom is 0.133 e. The van der Waals surface area contributed by atoms with Gasteiger partial charge in [-0.1, -0.05) is 13.8 Å². The first kappa shape index (κ1) is 14.4. The summed E-state index contributed by atoms with van der Waals surface area (Å²) in [5, 5.41) is 0. The average molecular weight is 300 g/mol. The standard InChI is InChI=1S/C13H22BrN3/c1-5-7-12-15-11(14)9-13(16-12)17(8-6-2)10(3)4/h9-10H,5-8H2,1-4H3. The summed E-state index contributed by atoms with van der Waals surface area (Å²) in [5.74, 6) is 1.96. The molecule has 0 aliphatic heterocycles. The lowest BCUT2D eigenvalue weighted by atomic mass is 10.2. The van der Waals surface area contributed by atoms with Crippen LogP contribution < -0.4 is 4.90 Å². The lowest BCUT2D eigenvalue weighted by Gasteiger charge is -2.27. The molecular formula is C13H22BrN3. The van der Waals surface area contributed by atoms with Crippen LogP contribution in [0.5, 0.6) is 0 Å². The third kappa shape index (κ3) is 4.26. The minimum absolute atomic E-state index is 0.464. The summed E-state index contributed by atoms with van der Waals surface area (Å²) in [7, 11) is 0. The van der Waals surface area contributed by atoms with Crippen LogP contribution in [0.1, 0.15) is 46.4 Å². The summed E-state index contributed by atoms with van der Waals surface area (Å²) in [4.78, 5) is 11.4. The van der Waals surface area contributed by atoms with E-state index in [1.54, 1.807) is 0 Å². The Kier molecular flexibility index (Phi) is 5.89. The molecule has 0 amide bonds. The van der Waals surface area contributed by atoms with Crippen LogP contribution in [0.15, 0.2) is 10.7 Å². The highest BCUT2D eigenvalue weighted by atomic mass is 79.9. The van der Waals surface area contributed by atoms with E-state index in [1.165, 1.54) is 0 Å². The second-order valence-corrected chi connectivity index (χ2v) is 5.31. The van der Waals surface area contributed by atoms with Crippen molar-refractivity contribution in [3.63, 3.8) is 0 Å². The molecule has 0 radical (unpaired) electrons. The Hall–Kier alpha value is -0.640. The van der Waals surface area contributed by atoms with E-state index >= 15 is 0 Å². The van der Waals surface area contributed by atoms with Crippen molar-refractivity contribution in [1.82, 2.24) is 9.97 Å². The molecule has 0 saturated heterocycles. The molecule has 0 unspecified atom stereocenters. The molecular weight excluding hydrogens is 278 g/mol. The zero-order valence-electron chi connectivity index (χ0n) is 11.2. The molecule has 0 saturated carbocycles. The second-order valence-electron chi connectivity index (χ2n) is 4.50. The van der Waals surface area contributed by atoms with Crippen molar-refractivity contribution in [1.29, 1.82) is 0 Å². The zero-order chi connectivity index (χ0) is 12.8. The molecule has 96 valence electrons. The van der Waals surface area contributed by atoms with Gasteiger partial charge in [-0.15, -0.1) is 0 Å². The molecule has 0 bridgehead atoms. The van der Waals surface area contributed by atoms with Crippen LogP contribution in [0.2, 0.25) is 0 Å². The van der Waals surface area contributed by atoms with Gasteiger partial charge in [0.2, 0.25) is 0 Å². The summed E-state index contributed by atoms with van der Waals surface area (Å²) < 4.78 is 0.882. The third-order valence-corrected chi connectivity index (χ3v) is 2.99. The van der Waals surface area contributed by atoms with Gasteiger partial charge in [-0.3, -0.25) is 0 Å². The topological polar surface area (TPSA) is 29.0 Å². The quantitative estimate of drug-likeness (QED) is 0.748. The number of halogens is 1. The van der Waals surface area contributed by atoms with Crippen LogP contribution in [-0.4, -0.2) is 22.6 Å². The first-order chi connectivity index (χ1) is 8.08. The molecule has 1 aromatic rings. The summed E-state index contributed by atoms with van der Waals surface area (Å²) in [6.07, 6.45) is 3.14. The number of nitrogens with zero attached hydrogens (tertiary/aromatic N) is 3. The van der Waals surface area contributed by atoms with E-state index in [2.05, 4.69) is 58.5 Å². The van der Waals surface area contributed by atoms with Crippen LogP contribution in [0.3, 0.4) is 0 Å². The van der Waals surface area contributed by atoms with E-state index < -0.39 is 0 Å². The summed E-state index contributed by atoms with van der Waals surface area (Å²) >= 11 is 3.47. The Morgan fingerprint density at radius 2 is 1.94 bits per heavy atom. The van der Waals surface area contributed by atoms with Crippen molar-refractivity contribution < 1.29 is 0 Å². The molecule has 0 spiro atoms. The normalized spacial score (nSPS) is 10.9. The Morgan fingerprint density at radius 1 is 1.24 bits per heavy atom. The lowest BCUT2D eigenvalue weighted by molar-refractivity contribution is 0.656. The summed E-state index contributed by atoms with van der Waals surface area (Å²) in [6, 6.07) is 2.47. The number of aromatic nitrogens is 2. The second kappa shape index (κ2) is 6.94. The van der Waals surface area contributed by atoms with E-state index in [-0.39, 0.29) is 0 Å². The van der Waals surface area contributed by atoms with Crippen molar-refractivity contribution in [2.75, 3.05) is 11.4 Å². The number of hydrogen-bond donors (Lipinski definition) is 0. The molecule has 0 aliphatic carbocycles. The van der Waals surface area contributed by atoms with Crippen LogP contribution in [0.25, 0.3) is 0 Å². The average Bonchev–Trinajstić information content (AvgIpc) is 2.25. The van der Waals surface area contributed by atoms with Gasteiger partial charge in [0.25, 0.3) is 0 Å². The molecule has 0 fully saturated rings. The van der Waals surface area contributed by atoms with Gasteiger partial charge >= 0.3 is 0 Å². The fourth-order valence-electron chi connectivity index (χ4n) is 1.81. The van der Waals surface area contributed by atoms with Gasteiger partial charge in [0.15, 0.2) is 0 Å². The zero-order valence-corrected chi connectivity index (χ0v) is 12.8. The summed E-state index contributed by atoms with van der Waals surface area (Å²) in [5.41, 5.74) is 0. The van der Waals surface area contributed by atoms with Crippen LogP contribution >= 0.6 is 15.9 Å². The van der Waals surface area contributed by atoms with Crippen LogP contribution in [0, 0.1) is 0 Å². The fourth-order valence-corrected chi connectivity index (χ4v) is 2.22. The third-order valence-electron chi connectivity index (χ3n) is 2.58. The first-order valence-electron chi connectivity index (χ1n) is 6.38. The van der Waals surface area contributed by atoms with Crippen molar-refractivity contribution in [2.24, 2.45) is 0 Å². The Balaban J connectivity index is 3.00. The van der Waals surface area contributed by atoms with Crippen molar-refractivity contribution in [2.45, 2.75) is 53.0 Å². The smallest absolute Gasteiger partial charge is 0.133 e. The van der Waals surface area contributed by atoms with E-state index in [0.29, 0.717) is 6.04 Å². The lowest BCUT2D eigenvalue weighted by Crippen LogP contribution is -2.32. The fraction of sp³-hybridized carbons (Fsp3) is 0.692. The maximum absolute atomic E-state index is 4.65. The number of rotatable bonds is 6. The molecule has 4 heteroatoms. The molecule has 3 nitrogen and oxygen atoms in total. The Labute approximate surface area is 113 Å². The maximum atomic E-state index is 4.65. The van der Waals surface area contributed by atoms with Gasteiger partial charge in [-0.05, 0) is 42.6 Å². The number of hydrogen-bond acceptors (Lipinski definition) is 3. The van der Waals surface area contributed by atoms with E-state index in [9.17, 15) is 0 Å². The minimum Gasteiger partial charge on any atom is -0.354 e. The number of aryl methyl sites for hydroxylation is 1. The first-order valence-corrected chi connectivity index (χ1v) is 7.17. The van der Waals surface area contributed by atoms with Crippen LogP contribution in [-0.2, 0) is 6.42 Å². The van der Waals surface area contributed by atoms with E-state index in [4.69, 9.17) is 0 Å². The van der Waals surface area contributed by atoms with Crippen molar-refractivity contribution in [3.8, 4) is 0 Å². The molecule has 0 aliphatic rings. The monoisotopic (exact) mass is 299 g/mol. The van der Waals surface area contributed by atoms with Gasteiger partial charge in [0.1, 0.15) is 16.2 Å². The van der Waals surface area contributed by atoms with Crippen LogP contribution in [0.4, 0.5) is 5.82 Å². The van der Waals surface area contributed by atoms with Gasteiger partial charge < -0.3 is 4.90 Å². The highest BCUT2D eigenvalue weighted by Crippen LogP contribution is 2.19. The van der Waals surface area contributed by atoms with Crippen molar-refractivity contribution in [3.05, 3.63) is 16.5 Å². The molecule has 1 heterocycles. The highest BCUT2D eigenvalue weighted by molar-refractivity contribution is 9.10. The number of anilines is 1. The molecule has 1 aromatic heterocycles. The van der Waals surface area contributed by atoms with Gasteiger partial charge in [-0.25, -0.2) is 9.97 Å². The molecule has 0 aromatic carbocycles. The van der Waals surface area contributed by atoms with E-state index in [1.807, 2.05) is 6.07 Å². The molecule has 1 rings (SSSR count). The SMILES string of the molecule is CCCc1nc(Br)cc(N(CCC)C(C)C)n1. The van der Waals surface area contributed by atoms with Gasteiger partial charge in [0.05, 0.1) is 0 Å². The van der Waals surface area contributed by atoms with Gasteiger partial charge in [-0.2, -0.15) is 0 Å². The highest BCUT2D eigenvalue weighted by Gasteiger charge is 2.13. The Morgan fingerprint density at radius 3 is 2.47 bits per heavy atom. The predicted octanol–water partition coefficient (Wildman–Crippen LogP) is 3.82.